The van der Waals surface area contributed by atoms with Crippen molar-refractivity contribution in [3.8, 4) is 0 Å². The van der Waals surface area contributed by atoms with E-state index in [0.717, 1.165) is 0 Å². The van der Waals surface area contributed by atoms with E-state index in [9.17, 15) is 30.7 Å². The summed E-state index contributed by atoms with van der Waals surface area (Å²) in [7, 11) is 0. The number of ether oxygens (including phenoxy) is 1. The molecule has 0 bridgehead atoms. The smallest absolute Gasteiger partial charge is 0.460 e. The topological polar surface area (TPSA) is 9.23 Å². The van der Waals surface area contributed by atoms with Crippen molar-refractivity contribution in [1.29, 1.82) is 0 Å². The van der Waals surface area contributed by atoms with E-state index in [2.05, 4.69) is 11.3 Å². The molecule has 0 spiro atoms. The highest BCUT2D eigenvalue weighted by Crippen LogP contribution is 2.46. The molecule has 0 rings (SSSR count). The van der Waals surface area contributed by atoms with E-state index in [-0.39, 0.29) is 0 Å². The SMILES string of the molecule is C=COCC(F)(F)C(F)(F)C(F)(F)F. The first kappa shape index (κ1) is 13.0. The van der Waals surface area contributed by atoms with E-state index in [1.54, 1.807) is 0 Å². The number of halogens is 7. The molecule has 84 valence electrons. The van der Waals surface area contributed by atoms with Gasteiger partial charge in [-0.3, -0.25) is 0 Å². The maximum Gasteiger partial charge on any atom is 0.460 e. The van der Waals surface area contributed by atoms with Crippen molar-refractivity contribution >= 4 is 0 Å². The Hall–Kier alpha value is -0.950. The van der Waals surface area contributed by atoms with E-state index < -0.39 is 24.6 Å². The van der Waals surface area contributed by atoms with E-state index in [4.69, 9.17) is 0 Å². The third-order valence-corrected chi connectivity index (χ3v) is 1.20. The summed E-state index contributed by atoms with van der Waals surface area (Å²) < 4.78 is 86.5. The Balaban J connectivity index is 4.77. The monoisotopic (exact) mass is 226 g/mol. The van der Waals surface area contributed by atoms with Crippen LogP contribution in [0.15, 0.2) is 12.8 Å². The third kappa shape index (κ3) is 2.30. The van der Waals surface area contributed by atoms with Crippen LogP contribution in [0.3, 0.4) is 0 Å². The molecule has 0 aliphatic heterocycles. The van der Waals surface area contributed by atoms with Crippen molar-refractivity contribution in [2.75, 3.05) is 6.61 Å². The van der Waals surface area contributed by atoms with Crippen LogP contribution in [0.4, 0.5) is 30.7 Å². The number of alkyl halides is 7. The van der Waals surface area contributed by atoms with Gasteiger partial charge in [-0.2, -0.15) is 30.7 Å². The van der Waals surface area contributed by atoms with Crippen molar-refractivity contribution < 1.29 is 35.5 Å². The molecule has 1 nitrogen and oxygen atoms in total. The molecule has 0 aliphatic carbocycles. The lowest BCUT2D eigenvalue weighted by Gasteiger charge is -2.27. The van der Waals surface area contributed by atoms with E-state index in [1.165, 1.54) is 0 Å². The predicted octanol–water partition coefficient (Wildman–Crippen LogP) is 2.98. The van der Waals surface area contributed by atoms with Crippen LogP contribution in [-0.2, 0) is 4.74 Å². The van der Waals surface area contributed by atoms with Crippen molar-refractivity contribution in [2.45, 2.75) is 18.0 Å². The molecule has 0 heterocycles. The minimum absolute atomic E-state index is 0.348. The number of hydrogen-bond donors (Lipinski definition) is 0. The van der Waals surface area contributed by atoms with Gasteiger partial charge >= 0.3 is 18.0 Å². The van der Waals surface area contributed by atoms with Crippen LogP contribution in [0, 0.1) is 0 Å². The van der Waals surface area contributed by atoms with Gasteiger partial charge in [0.2, 0.25) is 0 Å². The van der Waals surface area contributed by atoms with Crippen molar-refractivity contribution in [3.63, 3.8) is 0 Å². The maximum absolute atomic E-state index is 12.2. The molecular formula is C6H5F7O. The Morgan fingerprint density at radius 2 is 1.43 bits per heavy atom. The number of rotatable bonds is 4. The van der Waals surface area contributed by atoms with Gasteiger partial charge in [0.05, 0.1) is 6.26 Å². The summed E-state index contributed by atoms with van der Waals surface area (Å²) in [5.74, 6) is -11.4. The van der Waals surface area contributed by atoms with Crippen LogP contribution >= 0.6 is 0 Å². The highest BCUT2D eigenvalue weighted by molar-refractivity contribution is 4.91. The lowest BCUT2D eigenvalue weighted by molar-refractivity contribution is -0.359. The quantitative estimate of drug-likeness (QED) is 0.529. The molecule has 0 unspecified atom stereocenters. The van der Waals surface area contributed by atoms with E-state index >= 15 is 0 Å². The molecule has 8 heteroatoms. The van der Waals surface area contributed by atoms with Gasteiger partial charge in [-0.25, -0.2) is 0 Å². The minimum atomic E-state index is -6.32. The Kier molecular flexibility index (Phi) is 3.41. The summed E-state index contributed by atoms with van der Waals surface area (Å²) in [6, 6.07) is 0. The second-order valence-electron chi connectivity index (χ2n) is 2.25. The van der Waals surface area contributed by atoms with Gasteiger partial charge in [-0.1, -0.05) is 6.58 Å². The fourth-order valence-electron chi connectivity index (χ4n) is 0.462. The molecule has 0 aliphatic rings. The summed E-state index contributed by atoms with van der Waals surface area (Å²) in [6.07, 6.45) is -5.97. The standard InChI is InChI=1S/C6H5F7O/c1-2-14-3-4(7,8)5(9,10)6(11,12)13/h2H,1,3H2. The lowest BCUT2D eigenvalue weighted by atomic mass is 10.2. The molecule has 0 N–H and O–H groups in total. The fraction of sp³-hybridized carbons (Fsp3) is 0.667. The molecule has 0 atom stereocenters. The molecule has 0 amide bonds. The highest BCUT2D eigenvalue weighted by Gasteiger charge is 2.73. The summed E-state index contributed by atoms with van der Waals surface area (Å²) >= 11 is 0. The Morgan fingerprint density at radius 3 is 1.71 bits per heavy atom. The van der Waals surface area contributed by atoms with Crippen molar-refractivity contribution in [1.82, 2.24) is 0 Å². The molecule has 0 aromatic rings. The molecule has 0 saturated heterocycles. The average molecular weight is 226 g/mol. The molecule has 0 aromatic carbocycles. The van der Waals surface area contributed by atoms with Gasteiger partial charge in [0, 0.05) is 0 Å². The maximum atomic E-state index is 12.2. The van der Waals surface area contributed by atoms with Gasteiger partial charge in [0.1, 0.15) is 0 Å². The van der Waals surface area contributed by atoms with Crippen LogP contribution in [0.2, 0.25) is 0 Å². The predicted molar refractivity (Wildman–Crippen MR) is 32.1 cm³/mol. The summed E-state index contributed by atoms with van der Waals surface area (Å²) in [4.78, 5) is 0. The molecule has 14 heavy (non-hydrogen) atoms. The first-order chi connectivity index (χ1) is 6.06. The molecule has 0 fully saturated rings. The average Bonchev–Trinajstić information content (AvgIpc) is 1.98. The largest absolute Gasteiger partial charge is 0.495 e. The van der Waals surface area contributed by atoms with Crippen LogP contribution in [-0.4, -0.2) is 24.6 Å². The van der Waals surface area contributed by atoms with Crippen molar-refractivity contribution in [3.05, 3.63) is 12.8 Å². The normalized spacial score (nSPS) is 13.9. The lowest BCUT2D eigenvalue weighted by Crippen LogP contribution is -2.54. The van der Waals surface area contributed by atoms with E-state index in [0.29, 0.717) is 6.26 Å². The van der Waals surface area contributed by atoms with Crippen LogP contribution in [0.5, 0.6) is 0 Å². The van der Waals surface area contributed by atoms with Crippen LogP contribution in [0.25, 0.3) is 0 Å². The molecular weight excluding hydrogens is 221 g/mol. The molecule has 0 saturated carbocycles. The van der Waals surface area contributed by atoms with Crippen molar-refractivity contribution in [2.24, 2.45) is 0 Å². The first-order valence-electron chi connectivity index (χ1n) is 3.11. The zero-order valence-corrected chi connectivity index (χ0v) is 6.55. The third-order valence-electron chi connectivity index (χ3n) is 1.20. The van der Waals surface area contributed by atoms with Gasteiger partial charge in [-0.15, -0.1) is 0 Å². The zero-order chi connectivity index (χ0) is 11.6. The van der Waals surface area contributed by atoms with Gasteiger partial charge in [0.15, 0.2) is 6.61 Å². The van der Waals surface area contributed by atoms with E-state index in [1.807, 2.05) is 0 Å². The van der Waals surface area contributed by atoms with Gasteiger partial charge in [-0.05, 0) is 0 Å². The Bertz CT molecular complexity index is 207. The Labute approximate surface area is 74.1 Å². The summed E-state index contributed by atoms with van der Waals surface area (Å²) in [5, 5.41) is 0. The number of hydrogen-bond acceptors (Lipinski definition) is 1. The first-order valence-corrected chi connectivity index (χ1v) is 3.11. The van der Waals surface area contributed by atoms with Gasteiger partial charge in [0.25, 0.3) is 0 Å². The highest BCUT2D eigenvalue weighted by atomic mass is 19.4. The zero-order valence-electron chi connectivity index (χ0n) is 6.55. The Morgan fingerprint density at radius 1 is 1.00 bits per heavy atom. The second-order valence-corrected chi connectivity index (χ2v) is 2.25. The second kappa shape index (κ2) is 3.66. The van der Waals surface area contributed by atoms with Crippen LogP contribution < -0.4 is 0 Å². The molecule has 0 radical (unpaired) electrons. The summed E-state index contributed by atoms with van der Waals surface area (Å²) in [6.45, 7) is 0.646. The van der Waals surface area contributed by atoms with Gasteiger partial charge < -0.3 is 4.74 Å². The van der Waals surface area contributed by atoms with Crippen LogP contribution in [0.1, 0.15) is 0 Å². The summed E-state index contributed by atoms with van der Waals surface area (Å²) in [5.41, 5.74) is 0. The fourth-order valence-corrected chi connectivity index (χ4v) is 0.462. The minimum Gasteiger partial charge on any atom is -0.495 e. The molecule has 0 aromatic heterocycles.